The Morgan fingerprint density at radius 2 is 1.89 bits per heavy atom. The molecule has 0 atom stereocenters. The summed E-state index contributed by atoms with van der Waals surface area (Å²) in [5, 5.41) is 0.884. The van der Waals surface area contributed by atoms with E-state index in [-0.39, 0.29) is 10.8 Å². The molecule has 0 radical (unpaired) electrons. The van der Waals surface area contributed by atoms with E-state index in [0.717, 1.165) is 17.5 Å². The Labute approximate surface area is 163 Å². The fraction of sp³-hybridized carbons (Fsp3) is 0.261. The maximum absolute atomic E-state index is 13.3. The van der Waals surface area contributed by atoms with Gasteiger partial charge in [0.2, 0.25) is 11.3 Å². The van der Waals surface area contributed by atoms with Crippen molar-refractivity contribution < 1.29 is 9.15 Å². The second kappa shape index (κ2) is 7.08. The number of nitrogens with zero attached hydrogens (tertiary/aromatic N) is 2. The smallest absolute Gasteiger partial charge is 0.228 e. The van der Waals surface area contributed by atoms with Crippen molar-refractivity contribution in [3.05, 3.63) is 65.2 Å². The molecule has 0 aliphatic heterocycles. The highest BCUT2D eigenvalue weighted by molar-refractivity contribution is 5.94. The highest BCUT2D eigenvalue weighted by Crippen LogP contribution is 2.28. The van der Waals surface area contributed by atoms with Crippen molar-refractivity contribution in [2.75, 3.05) is 6.61 Å². The van der Waals surface area contributed by atoms with Gasteiger partial charge in [0.1, 0.15) is 16.6 Å². The van der Waals surface area contributed by atoms with Crippen molar-refractivity contribution in [2.45, 2.75) is 27.2 Å². The minimum Gasteiger partial charge on any atom is -0.477 e. The predicted molar refractivity (Wildman–Crippen MR) is 111 cm³/mol. The second-order valence-corrected chi connectivity index (χ2v) is 8.03. The van der Waals surface area contributed by atoms with E-state index < -0.39 is 0 Å². The molecule has 5 nitrogen and oxygen atoms in total. The topological polar surface area (TPSA) is 65.2 Å². The lowest BCUT2D eigenvalue weighted by atomic mass is 9.93. The quantitative estimate of drug-likeness (QED) is 0.458. The number of ether oxygens (including phenoxy) is 1. The van der Waals surface area contributed by atoms with Gasteiger partial charge in [-0.1, -0.05) is 32.9 Å². The molecule has 0 saturated carbocycles. The van der Waals surface area contributed by atoms with E-state index in [1.54, 1.807) is 24.7 Å². The van der Waals surface area contributed by atoms with Gasteiger partial charge in [-0.2, -0.15) is 0 Å². The molecule has 0 N–H and O–H groups in total. The number of aromatic nitrogens is 2. The van der Waals surface area contributed by atoms with Crippen LogP contribution >= 0.6 is 0 Å². The Balaban J connectivity index is 1.82. The average molecular weight is 374 g/mol. The van der Waals surface area contributed by atoms with Crippen LogP contribution in [0.5, 0.6) is 5.88 Å². The van der Waals surface area contributed by atoms with Gasteiger partial charge in [0.25, 0.3) is 0 Å². The molecule has 0 saturated heterocycles. The first-order valence-corrected chi connectivity index (χ1v) is 9.31. The molecule has 5 heteroatoms. The molecule has 0 aliphatic carbocycles. The SMILES string of the molecule is CC(C)(C)CCOc1nccc2oc3ccc(-c4cccnc4)cc3c(=O)c12. The van der Waals surface area contributed by atoms with Crippen molar-refractivity contribution in [3.8, 4) is 17.0 Å². The summed E-state index contributed by atoms with van der Waals surface area (Å²) in [6, 6.07) is 11.1. The minimum absolute atomic E-state index is 0.138. The second-order valence-electron chi connectivity index (χ2n) is 8.03. The van der Waals surface area contributed by atoms with Crippen molar-refractivity contribution >= 4 is 21.9 Å². The van der Waals surface area contributed by atoms with E-state index in [1.807, 2.05) is 30.3 Å². The third kappa shape index (κ3) is 3.60. The summed E-state index contributed by atoms with van der Waals surface area (Å²) < 4.78 is 11.8. The summed E-state index contributed by atoms with van der Waals surface area (Å²) in [5.74, 6) is 0.323. The maximum Gasteiger partial charge on any atom is 0.228 e. The van der Waals surface area contributed by atoms with E-state index >= 15 is 0 Å². The number of benzene rings is 1. The van der Waals surface area contributed by atoms with Crippen LogP contribution in [0, 0.1) is 5.41 Å². The van der Waals surface area contributed by atoms with Crippen LogP contribution in [0.25, 0.3) is 33.1 Å². The van der Waals surface area contributed by atoms with Gasteiger partial charge in [0.05, 0.1) is 12.0 Å². The van der Waals surface area contributed by atoms with Crippen LogP contribution in [-0.2, 0) is 0 Å². The van der Waals surface area contributed by atoms with Gasteiger partial charge in [0.15, 0.2) is 0 Å². The van der Waals surface area contributed by atoms with E-state index in [2.05, 4.69) is 30.7 Å². The zero-order valence-electron chi connectivity index (χ0n) is 16.2. The fourth-order valence-corrected chi connectivity index (χ4v) is 3.05. The maximum atomic E-state index is 13.3. The molecular formula is C23H22N2O3. The van der Waals surface area contributed by atoms with Gasteiger partial charge >= 0.3 is 0 Å². The van der Waals surface area contributed by atoms with Gasteiger partial charge in [-0.15, -0.1) is 0 Å². The Bertz CT molecular complexity index is 1190. The summed E-state index contributed by atoms with van der Waals surface area (Å²) in [7, 11) is 0. The Kier molecular flexibility index (Phi) is 4.59. The van der Waals surface area contributed by atoms with E-state index in [1.165, 1.54) is 0 Å². The summed E-state index contributed by atoms with van der Waals surface area (Å²) in [6.45, 7) is 6.93. The highest BCUT2D eigenvalue weighted by atomic mass is 16.5. The van der Waals surface area contributed by atoms with Gasteiger partial charge in [-0.3, -0.25) is 9.78 Å². The van der Waals surface area contributed by atoms with Crippen LogP contribution in [0.15, 0.2) is 64.2 Å². The molecule has 3 heterocycles. The molecule has 0 unspecified atom stereocenters. The Hall–Kier alpha value is -3.21. The van der Waals surface area contributed by atoms with Crippen molar-refractivity contribution in [1.29, 1.82) is 0 Å². The van der Waals surface area contributed by atoms with Crippen LogP contribution in [0.2, 0.25) is 0 Å². The molecule has 28 heavy (non-hydrogen) atoms. The van der Waals surface area contributed by atoms with Crippen LogP contribution in [0.1, 0.15) is 27.2 Å². The number of pyridine rings is 2. The fourth-order valence-electron chi connectivity index (χ4n) is 3.05. The minimum atomic E-state index is -0.138. The molecule has 1 aromatic carbocycles. The monoisotopic (exact) mass is 374 g/mol. The number of hydrogen-bond donors (Lipinski definition) is 0. The molecular weight excluding hydrogens is 352 g/mol. The summed E-state index contributed by atoms with van der Waals surface area (Å²) in [4.78, 5) is 21.7. The van der Waals surface area contributed by atoms with Crippen molar-refractivity contribution in [1.82, 2.24) is 9.97 Å². The van der Waals surface area contributed by atoms with Crippen molar-refractivity contribution in [2.24, 2.45) is 5.41 Å². The van der Waals surface area contributed by atoms with Gasteiger partial charge in [0, 0.05) is 30.2 Å². The number of rotatable bonds is 4. The molecule has 0 fully saturated rings. The third-order valence-corrected chi connectivity index (χ3v) is 4.63. The molecule has 142 valence electrons. The van der Waals surface area contributed by atoms with E-state index in [4.69, 9.17) is 9.15 Å². The van der Waals surface area contributed by atoms with Crippen LogP contribution in [0.3, 0.4) is 0 Å². The van der Waals surface area contributed by atoms with E-state index in [0.29, 0.717) is 34.4 Å². The first-order chi connectivity index (χ1) is 13.4. The summed E-state index contributed by atoms with van der Waals surface area (Å²) in [5.41, 5.74) is 2.87. The summed E-state index contributed by atoms with van der Waals surface area (Å²) >= 11 is 0. The van der Waals surface area contributed by atoms with Crippen LogP contribution in [-0.4, -0.2) is 16.6 Å². The zero-order chi connectivity index (χ0) is 19.7. The molecule has 3 aromatic heterocycles. The Morgan fingerprint density at radius 1 is 1.04 bits per heavy atom. The predicted octanol–water partition coefficient (Wildman–Crippen LogP) is 5.22. The highest BCUT2D eigenvalue weighted by Gasteiger charge is 2.16. The van der Waals surface area contributed by atoms with Crippen LogP contribution < -0.4 is 10.2 Å². The standard InChI is InChI=1S/C23H22N2O3/c1-23(2,3)9-12-27-22-20-19(8-11-25-22)28-18-7-6-15(13-17(18)21(20)26)16-5-4-10-24-14-16/h4-8,10-11,13-14H,9,12H2,1-3H3. The summed E-state index contributed by atoms with van der Waals surface area (Å²) in [6.07, 6.45) is 5.95. The zero-order valence-corrected chi connectivity index (χ0v) is 16.2. The molecule has 4 rings (SSSR count). The lowest BCUT2D eigenvalue weighted by Crippen LogP contribution is -2.13. The Morgan fingerprint density at radius 3 is 2.64 bits per heavy atom. The van der Waals surface area contributed by atoms with Gasteiger partial charge < -0.3 is 9.15 Å². The molecule has 0 bridgehead atoms. The number of fused-ring (bicyclic) bond motifs is 2. The first-order valence-electron chi connectivity index (χ1n) is 9.31. The third-order valence-electron chi connectivity index (χ3n) is 4.63. The lowest BCUT2D eigenvalue weighted by Gasteiger charge is -2.18. The average Bonchev–Trinajstić information content (AvgIpc) is 2.67. The van der Waals surface area contributed by atoms with Crippen LogP contribution in [0.4, 0.5) is 0 Å². The van der Waals surface area contributed by atoms with Crippen molar-refractivity contribution in [3.63, 3.8) is 0 Å². The molecule has 0 amide bonds. The molecule has 0 aliphatic rings. The first kappa shape index (κ1) is 18.2. The lowest BCUT2D eigenvalue weighted by molar-refractivity contribution is 0.238. The molecule has 0 spiro atoms. The van der Waals surface area contributed by atoms with E-state index in [9.17, 15) is 4.79 Å². The largest absolute Gasteiger partial charge is 0.477 e. The molecule has 4 aromatic rings. The van der Waals surface area contributed by atoms with Gasteiger partial charge in [-0.05, 0) is 35.6 Å². The van der Waals surface area contributed by atoms with Gasteiger partial charge in [-0.25, -0.2) is 4.98 Å². The normalized spacial score (nSPS) is 11.8. The number of hydrogen-bond acceptors (Lipinski definition) is 5.